The molecule has 19 heavy (non-hydrogen) atoms. The summed E-state index contributed by atoms with van der Waals surface area (Å²) in [5.41, 5.74) is 6.20. The largest absolute Gasteiger partial charge is 0.226 e. The summed E-state index contributed by atoms with van der Waals surface area (Å²) >= 11 is 0. The molecule has 0 bridgehead atoms. The normalized spacial score (nSPS) is 11.7. The number of rotatable bonds is 0. The molecule has 0 saturated heterocycles. The first-order chi connectivity index (χ1) is 9.24. The molecule has 0 aliphatic heterocycles. The zero-order chi connectivity index (χ0) is 13.0. The lowest BCUT2D eigenvalue weighted by Gasteiger charge is -2.00. The number of imidazole rings is 1. The van der Waals surface area contributed by atoms with Crippen LogP contribution < -0.4 is 0 Å². The van der Waals surface area contributed by atoms with Gasteiger partial charge in [0.25, 0.3) is 0 Å². The number of benzene rings is 2. The van der Waals surface area contributed by atoms with Crippen LogP contribution in [0.5, 0.6) is 0 Å². The molecule has 0 spiro atoms. The van der Waals surface area contributed by atoms with Crippen LogP contribution in [0.1, 0.15) is 11.1 Å². The summed E-state index contributed by atoms with van der Waals surface area (Å²) in [6.07, 6.45) is 0. The number of aryl methyl sites for hydroxylation is 2. The third-order valence-corrected chi connectivity index (χ3v) is 3.63. The van der Waals surface area contributed by atoms with Crippen molar-refractivity contribution < 1.29 is 0 Å². The van der Waals surface area contributed by atoms with Gasteiger partial charge in [-0.1, -0.05) is 17.3 Å². The Balaban J connectivity index is 2.27. The molecule has 4 rings (SSSR count). The van der Waals surface area contributed by atoms with Gasteiger partial charge in [0, 0.05) is 5.39 Å². The van der Waals surface area contributed by atoms with Crippen molar-refractivity contribution in [3.05, 3.63) is 47.5 Å². The van der Waals surface area contributed by atoms with E-state index < -0.39 is 0 Å². The summed E-state index contributed by atoms with van der Waals surface area (Å²) in [7, 11) is 0. The van der Waals surface area contributed by atoms with E-state index in [1.165, 1.54) is 11.1 Å². The summed E-state index contributed by atoms with van der Waals surface area (Å²) in [5.74, 6) is 0. The summed E-state index contributed by atoms with van der Waals surface area (Å²) in [6, 6.07) is 12.2. The molecule has 0 unspecified atom stereocenters. The molecule has 0 fully saturated rings. The first-order valence-corrected chi connectivity index (χ1v) is 6.25. The summed E-state index contributed by atoms with van der Waals surface area (Å²) < 4.78 is 1.82. The van der Waals surface area contributed by atoms with Crippen molar-refractivity contribution in [2.24, 2.45) is 0 Å². The standard InChI is InChI=1S/C15H12N4/c1-9-7-13-14(8-10(9)2)19-15(16-13)11-5-3-4-6-12(11)17-18-19/h3-8H,1-2H3. The molecular formula is C15H12N4. The Bertz CT molecular complexity index is 937. The van der Waals surface area contributed by atoms with Crippen molar-refractivity contribution in [3.8, 4) is 0 Å². The van der Waals surface area contributed by atoms with Crippen LogP contribution >= 0.6 is 0 Å². The van der Waals surface area contributed by atoms with Crippen LogP contribution in [0.2, 0.25) is 0 Å². The molecule has 0 atom stereocenters. The van der Waals surface area contributed by atoms with Crippen LogP contribution in [0.25, 0.3) is 27.6 Å². The van der Waals surface area contributed by atoms with E-state index in [1.807, 2.05) is 28.8 Å². The van der Waals surface area contributed by atoms with Gasteiger partial charge in [0.05, 0.1) is 16.6 Å². The molecule has 0 amide bonds. The smallest absolute Gasteiger partial charge is 0.166 e. The fraction of sp³-hybridized carbons (Fsp3) is 0.133. The molecule has 4 aromatic rings. The maximum Gasteiger partial charge on any atom is 0.166 e. The first-order valence-electron chi connectivity index (χ1n) is 6.25. The zero-order valence-electron chi connectivity index (χ0n) is 10.8. The average Bonchev–Trinajstić information content (AvgIpc) is 2.77. The van der Waals surface area contributed by atoms with Gasteiger partial charge in [-0.05, 0) is 49.2 Å². The van der Waals surface area contributed by atoms with Crippen LogP contribution in [-0.2, 0) is 0 Å². The topological polar surface area (TPSA) is 43.1 Å². The molecule has 0 saturated carbocycles. The molecule has 2 aromatic carbocycles. The molecule has 0 radical (unpaired) electrons. The summed E-state index contributed by atoms with van der Waals surface area (Å²) in [5, 5.41) is 9.56. The van der Waals surface area contributed by atoms with Gasteiger partial charge in [-0.3, -0.25) is 0 Å². The molecule has 4 heteroatoms. The number of hydrogen-bond donors (Lipinski definition) is 0. The number of aromatic nitrogens is 4. The summed E-state index contributed by atoms with van der Waals surface area (Å²) in [6.45, 7) is 4.20. The Morgan fingerprint density at radius 2 is 1.74 bits per heavy atom. The van der Waals surface area contributed by atoms with Gasteiger partial charge in [0.15, 0.2) is 5.65 Å². The lowest BCUT2D eigenvalue weighted by Crippen LogP contribution is -1.96. The molecule has 4 nitrogen and oxygen atoms in total. The third-order valence-electron chi connectivity index (χ3n) is 3.63. The van der Waals surface area contributed by atoms with E-state index in [2.05, 4.69) is 36.3 Å². The molecule has 0 N–H and O–H groups in total. The molecule has 0 aliphatic carbocycles. The first kappa shape index (κ1) is 10.4. The minimum Gasteiger partial charge on any atom is -0.226 e. The predicted octanol–water partition coefficient (Wildman–Crippen LogP) is 3.05. The van der Waals surface area contributed by atoms with Gasteiger partial charge in [-0.2, -0.15) is 4.52 Å². The Labute approximate surface area is 109 Å². The van der Waals surface area contributed by atoms with E-state index >= 15 is 0 Å². The third kappa shape index (κ3) is 1.37. The van der Waals surface area contributed by atoms with Crippen molar-refractivity contribution in [2.45, 2.75) is 13.8 Å². The fourth-order valence-corrected chi connectivity index (χ4v) is 2.43. The molecular weight excluding hydrogens is 236 g/mol. The monoisotopic (exact) mass is 248 g/mol. The van der Waals surface area contributed by atoms with Crippen molar-refractivity contribution in [1.29, 1.82) is 0 Å². The quantitative estimate of drug-likeness (QED) is 0.480. The minimum absolute atomic E-state index is 0.866. The van der Waals surface area contributed by atoms with Crippen LogP contribution in [0.4, 0.5) is 0 Å². The SMILES string of the molecule is Cc1cc2nc3c4ccccc4nnn3c2cc1C. The van der Waals surface area contributed by atoms with Gasteiger partial charge in [-0.15, -0.1) is 5.10 Å². The van der Waals surface area contributed by atoms with Crippen LogP contribution in [0.15, 0.2) is 36.4 Å². The van der Waals surface area contributed by atoms with E-state index in [9.17, 15) is 0 Å². The van der Waals surface area contributed by atoms with Gasteiger partial charge >= 0.3 is 0 Å². The second-order valence-corrected chi connectivity index (χ2v) is 4.88. The van der Waals surface area contributed by atoms with Gasteiger partial charge < -0.3 is 0 Å². The van der Waals surface area contributed by atoms with Crippen molar-refractivity contribution in [3.63, 3.8) is 0 Å². The number of nitrogens with zero attached hydrogens (tertiary/aromatic N) is 4. The van der Waals surface area contributed by atoms with Crippen LogP contribution in [-0.4, -0.2) is 19.8 Å². The zero-order valence-corrected chi connectivity index (χ0v) is 10.8. The minimum atomic E-state index is 0.866. The van der Waals surface area contributed by atoms with E-state index in [4.69, 9.17) is 4.98 Å². The molecule has 92 valence electrons. The van der Waals surface area contributed by atoms with Crippen molar-refractivity contribution >= 4 is 27.6 Å². The Morgan fingerprint density at radius 1 is 0.947 bits per heavy atom. The molecule has 2 heterocycles. The van der Waals surface area contributed by atoms with Gasteiger partial charge in [0.1, 0.15) is 0 Å². The van der Waals surface area contributed by atoms with Crippen molar-refractivity contribution in [2.75, 3.05) is 0 Å². The molecule has 0 aliphatic rings. The van der Waals surface area contributed by atoms with E-state index in [1.54, 1.807) is 0 Å². The number of hydrogen-bond acceptors (Lipinski definition) is 3. The fourth-order valence-electron chi connectivity index (χ4n) is 2.43. The van der Waals surface area contributed by atoms with E-state index in [0.717, 1.165) is 27.6 Å². The van der Waals surface area contributed by atoms with Gasteiger partial charge in [-0.25, -0.2) is 4.98 Å². The van der Waals surface area contributed by atoms with E-state index in [-0.39, 0.29) is 0 Å². The van der Waals surface area contributed by atoms with Gasteiger partial charge in [0.2, 0.25) is 0 Å². The average molecular weight is 248 g/mol. The lowest BCUT2D eigenvalue weighted by atomic mass is 10.1. The maximum absolute atomic E-state index is 4.71. The maximum atomic E-state index is 4.71. The van der Waals surface area contributed by atoms with E-state index in [0.29, 0.717) is 0 Å². The highest BCUT2D eigenvalue weighted by atomic mass is 15.4. The van der Waals surface area contributed by atoms with Crippen LogP contribution in [0, 0.1) is 13.8 Å². The Morgan fingerprint density at radius 3 is 2.63 bits per heavy atom. The highest BCUT2D eigenvalue weighted by Gasteiger charge is 2.10. The summed E-state index contributed by atoms with van der Waals surface area (Å²) in [4.78, 5) is 4.71. The Hall–Kier alpha value is -2.49. The van der Waals surface area contributed by atoms with Crippen molar-refractivity contribution in [1.82, 2.24) is 19.8 Å². The Kier molecular flexibility index (Phi) is 1.93. The second kappa shape index (κ2) is 3.51. The predicted molar refractivity (Wildman–Crippen MR) is 75.3 cm³/mol. The number of fused-ring (bicyclic) bond motifs is 5. The molecule has 2 aromatic heterocycles. The second-order valence-electron chi connectivity index (χ2n) is 4.88. The highest BCUT2D eigenvalue weighted by Crippen LogP contribution is 2.23. The van der Waals surface area contributed by atoms with Crippen LogP contribution in [0.3, 0.4) is 0 Å². The highest BCUT2D eigenvalue weighted by molar-refractivity contribution is 5.95. The lowest BCUT2D eigenvalue weighted by molar-refractivity contribution is 0.850.